The summed E-state index contributed by atoms with van der Waals surface area (Å²) in [4.78, 5) is 24.7. The molecule has 0 aliphatic heterocycles. The van der Waals surface area contributed by atoms with E-state index in [9.17, 15) is 9.59 Å². The summed E-state index contributed by atoms with van der Waals surface area (Å²) < 4.78 is 0. The summed E-state index contributed by atoms with van der Waals surface area (Å²) in [6.45, 7) is 10.3. The predicted octanol–water partition coefficient (Wildman–Crippen LogP) is 2.88. The molecule has 0 spiro atoms. The molecule has 5 nitrogen and oxygen atoms in total. The fourth-order valence-electron chi connectivity index (χ4n) is 1.83. The molecule has 5 heteroatoms. The number of benzene rings is 1. The molecule has 1 rings (SSSR count). The van der Waals surface area contributed by atoms with Crippen LogP contribution in [0, 0.1) is 0 Å². The summed E-state index contributed by atoms with van der Waals surface area (Å²) in [6.07, 6.45) is 1.69. The van der Waals surface area contributed by atoms with E-state index in [1.54, 1.807) is 23.1 Å². The Hall–Kier alpha value is -2.30. The highest BCUT2D eigenvalue weighted by Gasteiger charge is 2.24. The van der Waals surface area contributed by atoms with Crippen LogP contribution >= 0.6 is 0 Å². The van der Waals surface area contributed by atoms with Gasteiger partial charge in [-0.1, -0.05) is 18.2 Å². The van der Waals surface area contributed by atoms with Crippen LogP contribution < -0.4 is 5.32 Å². The van der Waals surface area contributed by atoms with E-state index in [1.807, 2.05) is 20.8 Å². The molecule has 0 fully saturated rings. The average molecular weight is 290 g/mol. The van der Waals surface area contributed by atoms with Crippen LogP contribution in [0.25, 0.3) is 0 Å². The van der Waals surface area contributed by atoms with Crippen molar-refractivity contribution >= 4 is 12.0 Å². The standard InChI is InChI=1S/C16H22N2O3/c1-5-10-18(16(2,3)4)15(21)17-11-12-6-8-13(9-7-12)14(19)20/h5-9H,1,10-11H2,2-4H3,(H,17,21)(H,19,20). The van der Waals surface area contributed by atoms with Crippen molar-refractivity contribution in [1.82, 2.24) is 10.2 Å². The molecule has 21 heavy (non-hydrogen) atoms. The van der Waals surface area contributed by atoms with Gasteiger partial charge in [-0.15, -0.1) is 6.58 Å². The number of aromatic carboxylic acids is 1. The number of amides is 2. The number of carboxylic acid groups (broad SMARTS) is 1. The number of rotatable bonds is 5. The summed E-state index contributed by atoms with van der Waals surface area (Å²) in [6, 6.07) is 6.26. The Balaban J connectivity index is 2.66. The topological polar surface area (TPSA) is 69.6 Å². The van der Waals surface area contributed by atoms with E-state index in [-0.39, 0.29) is 17.1 Å². The molecule has 0 saturated carbocycles. The number of carboxylic acids is 1. The van der Waals surface area contributed by atoms with Gasteiger partial charge in [-0.05, 0) is 38.5 Å². The lowest BCUT2D eigenvalue weighted by molar-refractivity contribution is 0.0696. The maximum Gasteiger partial charge on any atom is 0.335 e. The summed E-state index contributed by atoms with van der Waals surface area (Å²) in [5.74, 6) is -0.963. The zero-order valence-electron chi connectivity index (χ0n) is 12.7. The normalized spacial score (nSPS) is 10.8. The number of nitrogens with one attached hydrogen (secondary N) is 1. The zero-order valence-corrected chi connectivity index (χ0v) is 12.7. The van der Waals surface area contributed by atoms with Gasteiger partial charge in [0.1, 0.15) is 0 Å². The smallest absolute Gasteiger partial charge is 0.335 e. The molecular weight excluding hydrogens is 268 g/mol. The van der Waals surface area contributed by atoms with Gasteiger partial charge < -0.3 is 15.3 Å². The van der Waals surface area contributed by atoms with Gasteiger partial charge in [0.05, 0.1) is 5.56 Å². The number of nitrogens with zero attached hydrogens (tertiary/aromatic N) is 1. The van der Waals surface area contributed by atoms with Crippen LogP contribution in [0.1, 0.15) is 36.7 Å². The minimum atomic E-state index is -0.963. The van der Waals surface area contributed by atoms with E-state index in [0.29, 0.717) is 13.1 Å². The Morgan fingerprint density at radius 1 is 1.29 bits per heavy atom. The first-order valence-electron chi connectivity index (χ1n) is 6.74. The molecule has 0 atom stereocenters. The lowest BCUT2D eigenvalue weighted by Gasteiger charge is -2.34. The minimum absolute atomic E-state index is 0.176. The van der Waals surface area contributed by atoms with Gasteiger partial charge in [0, 0.05) is 18.6 Å². The van der Waals surface area contributed by atoms with Crippen LogP contribution in [0.3, 0.4) is 0 Å². The van der Waals surface area contributed by atoms with Gasteiger partial charge in [-0.3, -0.25) is 0 Å². The van der Waals surface area contributed by atoms with E-state index in [2.05, 4.69) is 11.9 Å². The molecule has 0 aliphatic rings. The van der Waals surface area contributed by atoms with E-state index < -0.39 is 5.97 Å². The molecule has 114 valence electrons. The Bertz CT molecular complexity index is 515. The van der Waals surface area contributed by atoms with Crippen molar-refractivity contribution in [3.8, 4) is 0 Å². The lowest BCUT2D eigenvalue weighted by Crippen LogP contribution is -2.50. The third kappa shape index (κ3) is 4.95. The van der Waals surface area contributed by atoms with Gasteiger partial charge in [0.2, 0.25) is 0 Å². The van der Waals surface area contributed by atoms with Crippen LogP contribution in [0.2, 0.25) is 0 Å². The van der Waals surface area contributed by atoms with Crippen molar-refractivity contribution in [2.75, 3.05) is 6.54 Å². The van der Waals surface area contributed by atoms with Crippen LogP contribution in [0.5, 0.6) is 0 Å². The fourth-order valence-corrected chi connectivity index (χ4v) is 1.83. The van der Waals surface area contributed by atoms with Crippen LogP contribution in [0.15, 0.2) is 36.9 Å². The van der Waals surface area contributed by atoms with Gasteiger partial charge >= 0.3 is 12.0 Å². The third-order valence-corrected chi connectivity index (χ3v) is 3.01. The monoisotopic (exact) mass is 290 g/mol. The summed E-state index contributed by atoms with van der Waals surface area (Å²) >= 11 is 0. The second-order valence-electron chi connectivity index (χ2n) is 5.73. The molecule has 0 aliphatic carbocycles. The summed E-state index contributed by atoms with van der Waals surface area (Å²) in [5.41, 5.74) is 0.777. The number of hydrogen-bond donors (Lipinski definition) is 2. The number of hydrogen-bond acceptors (Lipinski definition) is 2. The third-order valence-electron chi connectivity index (χ3n) is 3.01. The van der Waals surface area contributed by atoms with Gasteiger partial charge in [-0.25, -0.2) is 9.59 Å². The number of carbonyl (C=O) groups excluding carboxylic acids is 1. The molecule has 0 heterocycles. The predicted molar refractivity (Wildman–Crippen MR) is 82.3 cm³/mol. The van der Waals surface area contributed by atoms with E-state index in [0.717, 1.165) is 5.56 Å². The minimum Gasteiger partial charge on any atom is -0.478 e. The average Bonchev–Trinajstić information content (AvgIpc) is 2.41. The molecule has 1 aromatic rings. The molecule has 2 N–H and O–H groups in total. The van der Waals surface area contributed by atoms with Crippen molar-refractivity contribution in [3.63, 3.8) is 0 Å². The number of carbonyl (C=O) groups is 2. The fraction of sp³-hybridized carbons (Fsp3) is 0.375. The van der Waals surface area contributed by atoms with Crippen molar-refractivity contribution in [1.29, 1.82) is 0 Å². The quantitative estimate of drug-likeness (QED) is 0.819. The first-order valence-corrected chi connectivity index (χ1v) is 6.74. The molecule has 0 radical (unpaired) electrons. The summed E-state index contributed by atoms with van der Waals surface area (Å²) in [5, 5.41) is 11.7. The zero-order chi connectivity index (χ0) is 16.0. The molecular formula is C16H22N2O3. The Kier molecular flexibility index (Phi) is 5.52. The first kappa shape index (κ1) is 16.8. The van der Waals surface area contributed by atoms with Crippen molar-refractivity contribution in [3.05, 3.63) is 48.0 Å². The summed E-state index contributed by atoms with van der Waals surface area (Å²) in [7, 11) is 0. The molecule has 0 unspecified atom stereocenters. The van der Waals surface area contributed by atoms with E-state index in [4.69, 9.17) is 5.11 Å². The highest BCUT2D eigenvalue weighted by atomic mass is 16.4. The Labute approximate surface area is 125 Å². The number of urea groups is 1. The van der Waals surface area contributed by atoms with Crippen LogP contribution in [-0.2, 0) is 6.54 Å². The van der Waals surface area contributed by atoms with Crippen LogP contribution in [-0.4, -0.2) is 34.1 Å². The second-order valence-corrected chi connectivity index (χ2v) is 5.73. The molecule has 1 aromatic carbocycles. The molecule has 0 aromatic heterocycles. The second kappa shape index (κ2) is 6.92. The highest BCUT2D eigenvalue weighted by Crippen LogP contribution is 2.13. The SMILES string of the molecule is C=CCN(C(=O)NCc1ccc(C(=O)O)cc1)C(C)(C)C. The van der Waals surface area contributed by atoms with Crippen molar-refractivity contribution in [2.24, 2.45) is 0 Å². The first-order chi connectivity index (χ1) is 9.75. The molecule has 0 bridgehead atoms. The van der Waals surface area contributed by atoms with E-state index >= 15 is 0 Å². The molecule has 2 amide bonds. The van der Waals surface area contributed by atoms with Gasteiger partial charge in [-0.2, -0.15) is 0 Å². The lowest BCUT2D eigenvalue weighted by atomic mass is 10.1. The largest absolute Gasteiger partial charge is 0.478 e. The van der Waals surface area contributed by atoms with Crippen LogP contribution in [0.4, 0.5) is 4.79 Å². The molecule has 0 saturated heterocycles. The van der Waals surface area contributed by atoms with Gasteiger partial charge in [0.15, 0.2) is 0 Å². The van der Waals surface area contributed by atoms with Crippen molar-refractivity contribution < 1.29 is 14.7 Å². The van der Waals surface area contributed by atoms with E-state index in [1.165, 1.54) is 12.1 Å². The van der Waals surface area contributed by atoms with Gasteiger partial charge in [0.25, 0.3) is 0 Å². The maximum atomic E-state index is 12.2. The van der Waals surface area contributed by atoms with Crippen molar-refractivity contribution in [2.45, 2.75) is 32.9 Å². The highest BCUT2D eigenvalue weighted by molar-refractivity contribution is 5.87. The Morgan fingerprint density at radius 2 is 1.86 bits per heavy atom. The maximum absolute atomic E-state index is 12.2. The Morgan fingerprint density at radius 3 is 2.29 bits per heavy atom.